The lowest BCUT2D eigenvalue weighted by Gasteiger charge is -2.06. The Hall–Kier alpha value is -1.99. The number of nitrogens with two attached hydrogens (primary N) is 1. The van der Waals surface area contributed by atoms with E-state index in [1.807, 2.05) is 0 Å². The number of carbonyl (C=O) groups excluding carboxylic acids is 1. The molecule has 0 aliphatic carbocycles. The molecule has 0 aromatic carbocycles. The fraction of sp³-hybridized carbons (Fsp3) is 0.364. The highest BCUT2D eigenvalue weighted by molar-refractivity contribution is 5.94. The van der Waals surface area contributed by atoms with E-state index in [-0.39, 0.29) is 32.2 Å². The number of amides is 1. The third-order valence-corrected chi connectivity index (χ3v) is 2.05. The fourth-order valence-corrected chi connectivity index (χ4v) is 1.23. The summed E-state index contributed by atoms with van der Waals surface area (Å²) >= 11 is 0. The van der Waals surface area contributed by atoms with Gasteiger partial charge in [-0.3, -0.25) is 9.78 Å². The van der Waals surface area contributed by atoms with Crippen molar-refractivity contribution in [2.75, 3.05) is 19.8 Å². The lowest BCUT2D eigenvalue weighted by molar-refractivity contribution is -0.142. The Morgan fingerprint density at radius 1 is 1.50 bits per heavy atom. The molecule has 0 aliphatic rings. The maximum Gasteiger partial charge on any atom is 0.329 e. The molecule has 4 N–H and O–H groups in total. The van der Waals surface area contributed by atoms with Crippen LogP contribution in [0.2, 0.25) is 0 Å². The number of hydrogen-bond donors (Lipinski definition) is 3. The maximum absolute atomic E-state index is 11.7. The molecule has 18 heavy (non-hydrogen) atoms. The molecular formula is C11H15N3O4. The maximum atomic E-state index is 11.7. The van der Waals surface area contributed by atoms with Gasteiger partial charge in [-0.15, -0.1) is 0 Å². The molecular weight excluding hydrogens is 238 g/mol. The van der Waals surface area contributed by atoms with Crippen molar-refractivity contribution >= 4 is 11.9 Å². The number of carboxylic acid groups (broad SMARTS) is 1. The lowest BCUT2D eigenvalue weighted by Crippen LogP contribution is -2.28. The number of aliphatic carboxylic acids is 1. The summed E-state index contributed by atoms with van der Waals surface area (Å²) in [5.41, 5.74) is 6.51. The van der Waals surface area contributed by atoms with E-state index in [0.717, 1.165) is 0 Å². The number of rotatable bonds is 7. The first-order chi connectivity index (χ1) is 8.63. The largest absolute Gasteiger partial charge is 0.480 e. The van der Waals surface area contributed by atoms with Gasteiger partial charge in [-0.05, 0) is 12.1 Å². The molecule has 0 atom stereocenters. The molecule has 0 fully saturated rings. The molecule has 7 nitrogen and oxygen atoms in total. The lowest BCUT2D eigenvalue weighted by atomic mass is 10.2. The summed E-state index contributed by atoms with van der Waals surface area (Å²) in [5, 5.41) is 10.9. The van der Waals surface area contributed by atoms with E-state index < -0.39 is 5.97 Å². The van der Waals surface area contributed by atoms with Gasteiger partial charge in [-0.1, -0.05) is 0 Å². The zero-order valence-corrected chi connectivity index (χ0v) is 9.76. The minimum Gasteiger partial charge on any atom is -0.480 e. The molecule has 0 radical (unpaired) electrons. The SMILES string of the molecule is NCc1cc(C(=O)NCCOCC(=O)O)ccn1. The second-order valence-electron chi connectivity index (χ2n) is 3.44. The Bertz CT molecular complexity index is 423. The summed E-state index contributed by atoms with van der Waals surface area (Å²) < 4.78 is 4.78. The Balaban J connectivity index is 2.33. The summed E-state index contributed by atoms with van der Waals surface area (Å²) in [5.74, 6) is -1.31. The first kappa shape index (κ1) is 14.1. The topological polar surface area (TPSA) is 115 Å². The van der Waals surface area contributed by atoms with Crippen LogP contribution in [-0.2, 0) is 16.1 Å². The molecule has 0 bridgehead atoms. The van der Waals surface area contributed by atoms with Crippen LogP contribution in [-0.4, -0.2) is 41.7 Å². The van der Waals surface area contributed by atoms with Gasteiger partial charge in [-0.2, -0.15) is 0 Å². The summed E-state index contributed by atoms with van der Waals surface area (Å²) in [6.07, 6.45) is 1.51. The first-order valence-electron chi connectivity index (χ1n) is 5.36. The van der Waals surface area contributed by atoms with Gasteiger partial charge in [0.05, 0.1) is 12.3 Å². The summed E-state index contributed by atoms with van der Waals surface area (Å²) in [4.78, 5) is 25.8. The molecule has 0 aliphatic heterocycles. The molecule has 1 amide bonds. The Labute approximate surface area is 104 Å². The van der Waals surface area contributed by atoms with Crippen LogP contribution in [0.4, 0.5) is 0 Å². The van der Waals surface area contributed by atoms with Gasteiger partial charge in [0.1, 0.15) is 6.61 Å². The third-order valence-electron chi connectivity index (χ3n) is 2.05. The van der Waals surface area contributed by atoms with E-state index in [9.17, 15) is 9.59 Å². The molecule has 7 heteroatoms. The number of carbonyl (C=O) groups is 2. The average molecular weight is 253 g/mol. The van der Waals surface area contributed by atoms with E-state index in [2.05, 4.69) is 10.3 Å². The molecule has 0 unspecified atom stereocenters. The van der Waals surface area contributed by atoms with Crippen molar-refractivity contribution < 1.29 is 19.4 Å². The Morgan fingerprint density at radius 2 is 2.28 bits per heavy atom. The van der Waals surface area contributed by atoms with Crippen molar-refractivity contribution in [2.45, 2.75) is 6.54 Å². The predicted molar refractivity (Wildman–Crippen MR) is 62.9 cm³/mol. The summed E-state index contributed by atoms with van der Waals surface area (Å²) in [6, 6.07) is 3.18. The van der Waals surface area contributed by atoms with Crippen LogP contribution in [0.3, 0.4) is 0 Å². The van der Waals surface area contributed by atoms with Crippen molar-refractivity contribution in [3.63, 3.8) is 0 Å². The van der Waals surface area contributed by atoms with Crippen LogP contribution in [0.5, 0.6) is 0 Å². The number of hydrogen-bond acceptors (Lipinski definition) is 5. The Morgan fingerprint density at radius 3 is 2.94 bits per heavy atom. The number of carboxylic acids is 1. The molecule has 0 spiro atoms. The average Bonchev–Trinajstić information content (AvgIpc) is 2.37. The van der Waals surface area contributed by atoms with Crippen LogP contribution in [0.15, 0.2) is 18.3 Å². The molecule has 98 valence electrons. The van der Waals surface area contributed by atoms with Gasteiger partial charge >= 0.3 is 5.97 Å². The monoisotopic (exact) mass is 253 g/mol. The molecule has 1 aromatic heterocycles. The predicted octanol–water partition coefficient (Wildman–Crippen LogP) is -0.629. The van der Waals surface area contributed by atoms with Crippen LogP contribution >= 0.6 is 0 Å². The minimum absolute atomic E-state index is 0.146. The van der Waals surface area contributed by atoms with E-state index in [0.29, 0.717) is 11.3 Å². The van der Waals surface area contributed by atoms with Gasteiger partial charge in [-0.25, -0.2) is 4.79 Å². The second kappa shape index (κ2) is 7.36. The van der Waals surface area contributed by atoms with E-state index in [1.165, 1.54) is 6.20 Å². The van der Waals surface area contributed by atoms with Gasteiger partial charge in [0, 0.05) is 24.8 Å². The minimum atomic E-state index is -1.04. The quantitative estimate of drug-likeness (QED) is 0.557. The number of ether oxygens (including phenoxy) is 1. The number of nitrogens with one attached hydrogen (secondary N) is 1. The van der Waals surface area contributed by atoms with Gasteiger partial charge in [0.25, 0.3) is 5.91 Å². The summed E-state index contributed by atoms with van der Waals surface area (Å²) in [7, 11) is 0. The van der Waals surface area contributed by atoms with Gasteiger partial charge in [0.15, 0.2) is 0 Å². The standard InChI is InChI=1S/C11H15N3O4/c12-6-9-5-8(1-2-13-9)11(17)14-3-4-18-7-10(15)16/h1-2,5H,3-4,6-7,12H2,(H,14,17)(H,15,16). The number of nitrogens with zero attached hydrogens (tertiary/aromatic N) is 1. The van der Waals surface area contributed by atoms with Crippen LogP contribution in [0, 0.1) is 0 Å². The Kier molecular flexibility index (Phi) is 5.75. The zero-order chi connectivity index (χ0) is 13.4. The number of pyridine rings is 1. The second-order valence-corrected chi connectivity index (χ2v) is 3.44. The highest BCUT2D eigenvalue weighted by Gasteiger charge is 2.05. The highest BCUT2D eigenvalue weighted by Crippen LogP contribution is 2.00. The first-order valence-corrected chi connectivity index (χ1v) is 5.36. The van der Waals surface area contributed by atoms with Crippen molar-refractivity contribution in [2.24, 2.45) is 5.73 Å². The molecule has 1 aromatic rings. The van der Waals surface area contributed by atoms with E-state index in [4.69, 9.17) is 15.6 Å². The zero-order valence-electron chi connectivity index (χ0n) is 9.76. The van der Waals surface area contributed by atoms with Crippen molar-refractivity contribution in [3.8, 4) is 0 Å². The molecule has 0 saturated carbocycles. The number of aromatic nitrogens is 1. The third kappa shape index (κ3) is 4.89. The molecule has 0 saturated heterocycles. The highest BCUT2D eigenvalue weighted by atomic mass is 16.5. The van der Waals surface area contributed by atoms with E-state index in [1.54, 1.807) is 12.1 Å². The van der Waals surface area contributed by atoms with Crippen molar-refractivity contribution in [1.82, 2.24) is 10.3 Å². The smallest absolute Gasteiger partial charge is 0.329 e. The van der Waals surface area contributed by atoms with Gasteiger partial charge < -0.3 is 20.9 Å². The molecule has 1 rings (SSSR count). The van der Waals surface area contributed by atoms with Crippen LogP contribution < -0.4 is 11.1 Å². The van der Waals surface area contributed by atoms with E-state index >= 15 is 0 Å². The van der Waals surface area contributed by atoms with Crippen molar-refractivity contribution in [1.29, 1.82) is 0 Å². The normalized spacial score (nSPS) is 10.1. The van der Waals surface area contributed by atoms with Crippen molar-refractivity contribution in [3.05, 3.63) is 29.6 Å². The van der Waals surface area contributed by atoms with Crippen LogP contribution in [0.25, 0.3) is 0 Å². The van der Waals surface area contributed by atoms with Gasteiger partial charge in [0.2, 0.25) is 0 Å². The fourth-order valence-electron chi connectivity index (χ4n) is 1.23. The molecule has 1 heterocycles. The van der Waals surface area contributed by atoms with Crippen LogP contribution in [0.1, 0.15) is 16.1 Å². The summed E-state index contributed by atoms with van der Waals surface area (Å²) in [6.45, 7) is 0.282.